The molecular formula is C21H36O4. The number of aliphatic hydroxyl groups is 1. The van der Waals surface area contributed by atoms with Gasteiger partial charge in [-0.15, -0.1) is 0 Å². The van der Waals surface area contributed by atoms with Crippen LogP contribution in [0.15, 0.2) is 12.2 Å². The van der Waals surface area contributed by atoms with Crippen molar-refractivity contribution in [1.82, 2.24) is 0 Å². The Morgan fingerprint density at radius 3 is 2.60 bits per heavy atom. The summed E-state index contributed by atoms with van der Waals surface area (Å²) in [6, 6.07) is 0. The first-order valence-electron chi connectivity index (χ1n) is 10.1. The SMILES string of the molecule is COC(=O)CCCCCC[C@H]1C(=O)CC[C@@H]1C=CCCCCCCO. The quantitative estimate of drug-likeness (QED) is 0.282. The lowest BCUT2D eigenvalue weighted by molar-refractivity contribution is -0.140. The number of methoxy groups -OCH3 is 1. The number of hydrogen-bond acceptors (Lipinski definition) is 4. The van der Waals surface area contributed by atoms with E-state index in [-0.39, 0.29) is 11.9 Å². The number of carbonyl (C=O) groups excluding carboxylic acids is 2. The van der Waals surface area contributed by atoms with Crippen molar-refractivity contribution < 1.29 is 19.4 Å². The van der Waals surface area contributed by atoms with Gasteiger partial charge in [0, 0.05) is 25.4 Å². The largest absolute Gasteiger partial charge is 0.469 e. The van der Waals surface area contributed by atoms with Gasteiger partial charge < -0.3 is 9.84 Å². The average Bonchev–Trinajstić information content (AvgIpc) is 2.97. The second kappa shape index (κ2) is 14.1. The van der Waals surface area contributed by atoms with Gasteiger partial charge in [-0.2, -0.15) is 0 Å². The lowest BCUT2D eigenvalue weighted by atomic mass is 9.89. The first kappa shape index (κ1) is 21.9. The molecule has 0 unspecified atom stereocenters. The van der Waals surface area contributed by atoms with E-state index in [1.54, 1.807) is 0 Å². The average molecular weight is 353 g/mol. The van der Waals surface area contributed by atoms with Gasteiger partial charge in [0.1, 0.15) is 5.78 Å². The lowest BCUT2D eigenvalue weighted by Gasteiger charge is -2.14. The van der Waals surface area contributed by atoms with E-state index in [1.807, 2.05) is 0 Å². The second-order valence-corrected chi connectivity index (χ2v) is 7.16. The molecule has 1 saturated carbocycles. The minimum absolute atomic E-state index is 0.132. The Morgan fingerprint density at radius 2 is 1.84 bits per heavy atom. The zero-order valence-corrected chi connectivity index (χ0v) is 15.9. The zero-order valence-electron chi connectivity index (χ0n) is 15.9. The number of hydrogen-bond donors (Lipinski definition) is 1. The fourth-order valence-corrected chi connectivity index (χ4v) is 3.63. The predicted molar refractivity (Wildman–Crippen MR) is 100 cm³/mol. The summed E-state index contributed by atoms with van der Waals surface area (Å²) < 4.78 is 4.64. The van der Waals surface area contributed by atoms with Crippen molar-refractivity contribution in [1.29, 1.82) is 0 Å². The molecule has 4 nitrogen and oxygen atoms in total. The van der Waals surface area contributed by atoms with Crippen LogP contribution < -0.4 is 0 Å². The summed E-state index contributed by atoms with van der Waals surface area (Å²) in [5.74, 6) is 0.950. The van der Waals surface area contributed by atoms with E-state index < -0.39 is 0 Å². The van der Waals surface area contributed by atoms with Crippen LogP contribution in [0, 0.1) is 11.8 Å². The third kappa shape index (κ3) is 9.78. The predicted octanol–water partition coefficient (Wildman–Crippen LogP) is 4.59. The van der Waals surface area contributed by atoms with Crippen molar-refractivity contribution in [3.05, 3.63) is 12.2 Å². The molecular weight excluding hydrogens is 316 g/mol. The molecule has 1 rings (SSSR count). The first-order chi connectivity index (χ1) is 12.2. The highest BCUT2D eigenvalue weighted by Crippen LogP contribution is 2.34. The Balaban J connectivity index is 2.16. The molecule has 2 atom stereocenters. The highest BCUT2D eigenvalue weighted by molar-refractivity contribution is 5.83. The standard InChI is InChI=1S/C21H36O4/c1-25-21(24)14-10-6-5-9-13-19-18(15-16-20(19)23)12-8-4-2-3-7-11-17-22/h8,12,18-19,22H,2-7,9-11,13-17H2,1H3/t18-,19+/m0/s1. The number of allylic oxidation sites excluding steroid dienone is 2. The Bertz CT molecular complexity index is 403. The Hall–Kier alpha value is -1.16. The van der Waals surface area contributed by atoms with E-state index in [0.717, 1.165) is 64.2 Å². The van der Waals surface area contributed by atoms with Gasteiger partial charge in [0.05, 0.1) is 7.11 Å². The number of ether oxygens (including phenoxy) is 1. The molecule has 0 amide bonds. The number of unbranched alkanes of at least 4 members (excludes halogenated alkanes) is 7. The number of rotatable bonds is 14. The van der Waals surface area contributed by atoms with Crippen LogP contribution in [0.1, 0.15) is 83.5 Å². The van der Waals surface area contributed by atoms with Gasteiger partial charge in [0.15, 0.2) is 0 Å². The van der Waals surface area contributed by atoms with Gasteiger partial charge >= 0.3 is 5.97 Å². The van der Waals surface area contributed by atoms with E-state index in [4.69, 9.17) is 5.11 Å². The van der Waals surface area contributed by atoms with Crippen LogP contribution in [0.2, 0.25) is 0 Å². The molecule has 0 heterocycles. The van der Waals surface area contributed by atoms with Gasteiger partial charge in [-0.1, -0.05) is 44.3 Å². The van der Waals surface area contributed by atoms with Crippen molar-refractivity contribution in [2.24, 2.45) is 11.8 Å². The first-order valence-corrected chi connectivity index (χ1v) is 10.1. The summed E-state index contributed by atoms with van der Waals surface area (Å²) >= 11 is 0. The molecule has 1 aliphatic carbocycles. The minimum atomic E-state index is -0.132. The third-order valence-corrected chi connectivity index (χ3v) is 5.19. The molecule has 0 aromatic carbocycles. The van der Waals surface area contributed by atoms with E-state index in [1.165, 1.54) is 20.0 Å². The maximum atomic E-state index is 12.1. The maximum absolute atomic E-state index is 12.1. The van der Waals surface area contributed by atoms with E-state index >= 15 is 0 Å². The molecule has 144 valence electrons. The smallest absolute Gasteiger partial charge is 0.305 e. The van der Waals surface area contributed by atoms with Crippen LogP contribution in [0.5, 0.6) is 0 Å². The number of aliphatic hydroxyl groups excluding tert-OH is 1. The van der Waals surface area contributed by atoms with E-state index in [2.05, 4.69) is 16.9 Å². The summed E-state index contributed by atoms with van der Waals surface area (Å²) in [7, 11) is 1.43. The highest BCUT2D eigenvalue weighted by atomic mass is 16.5. The summed E-state index contributed by atoms with van der Waals surface area (Å²) in [5, 5.41) is 8.75. The van der Waals surface area contributed by atoms with Gasteiger partial charge in [0.2, 0.25) is 0 Å². The number of esters is 1. The second-order valence-electron chi connectivity index (χ2n) is 7.16. The Labute approximate surface area is 153 Å². The number of Topliss-reactive ketones (excluding diaryl/α,β-unsaturated/α-hetero) is 1. The highest BCUT2D eigenvalue weighted by Gasteiger charge is 2.31. The van der Waals surface area contributed by atoms with Crippen LogP contribution >= 0.6 is 0 Å². The molecule has 0 saturated heterocycles. The van der Waals surface area contributed by atoms with Gasteiger partial charge in [0.25, 0.3) is 0 Å². The summed E-state index contributed by atoms with van der Waals surface area (Å²) in [6.45, 7) is 0.296. The molecule has 0 aromatic rings. The fourth-order valence-electron chi connectivity index (χ4n) is 3.63. The van der Waals surface area contributed by atoms with Crippen LogP contribution in [0.4, 0.5) is 0 Å². The Kier molecular flexibility index (Phi) is 12.3. The van der Waals surface area contributed by atoms with Crippen LogP contribution in [0.3, 0.4) is 0 Å². The molecule has 0 spiro atoms. The summed E-state index contributed by atoms with van der Waals surface area (Å²) in [6.07, 6.45) is 17.3. The van der Waals surface area contributed by atoms with Gasteiger partial charge in [-0.3, -0.25) is 9.59 Å². The Morgan fingerprint density at radius 1 is 1.12 bits per heavy atom. The molecule has 0 aromatic heterocycles. The van der Waals surface area contributed by atoms with Gasteiger partial charge in [-0.25, -0.2) is 0 Å². The molecule has 1 N–H and O–H groups in total. The lowest BCUT2D eigenvalue weighted by Crippen LogP contribution is -2.13. The molecule has 1 fully saturated rings. The molecule has 0 radical (unpaired) electrons. The van der Waals surface area contributed by atoms with Crippen molar-refractivity contribution in [2.45, 2.75) is 83.5 Å². The van der Waals surface area contributed by atoms with Crippen LogP contribution in [-0.4, -0.2) is 30.6 Å². The number of ketones is 1. The topological polar surface area (TPSA) is 63.6 Å². The molecule has 4 heteroatoms. The zero-order chi connectivity index (χ0) is 18.3. The monoisotopic (exact) mass is 352 g/mol. The fraction of sp³-hybridized carbons (Fsp3) is 0.810. The van der Waals surface area contributed by atoms with E-state index in [9.17, 15) is 9.59 Å². The summed E-state index contributed by atoms with van der Waals surface area (Å²) in [4.78, 5) is 23.2. The summed E-state index contributed by atoms with van der Waals surface area (Å²) in [5.41, 5.74) is 0. The third-order valence-electron chi connectivity index (χ3n) is 5.19. The normalized spacial score (nSPS) is 20.5. The molecule has 25 heavy (non-hydrogen) atoms. The van der Waals surface area contributed by atoms with Gasteiger partial charge in [-0.05, 0) is 44.4 Å². The number of carbonyl (C=O) groups is 2. The molecule has 0 bridgehead atoms. The van der Waals surface area contributed by atoms with E-state index in [0.29, 0.717) is 24.7 Å². The maximum Gasteiger partial charge on any atom is 0.305 e. The van der Waals surface area contributed by atoms with Crippen molar-refractivity contribution in [3.8, 4) is 0 Å². The molecule has 0 aliphatic heterocycles. The van der Waals surface area contributed by atoms with Crippen molar-refractivity contribution in [2.75, 3.05) is 13.7 Å². The minimum Gasteiger partial charge on any atom is -0.469 e. The van der Waals surface area contributed by atoms with Crippen molar-refractivity contribution in [3.63, 3.8) is 0 Å². The van der Waals surface area contributed by atoms with Crippen molar-refractivity contribution >= 4 is 11.8 Å². The van der Waals surface area contributed by atoms with Crippen LogP contribution in [0.25, 0.3) is 0 Å². The molecule has 1 aliphatic rings. The van der Waals surface area contributed by atoms with Crippen LogP contribution in [-0.2, 0) is 14.3 Å².